The molecule has 0 atom stereocenters. The van der Waals surface area contributed by atoms with Crippen molar-refractivity contribution in [2.45, 2.75) is 6.42 Å². The van der Waals surface area contributed by atoms with E-state index in [0.717, 1.165) is 32.7 Å². The minimum absolute atomic E-state index is 0.202. The summed E-state index contributed by atoms with van der Waals surface area (Å²) in [5.74, 6) is -0.202. The molecule has 0 aromatic heterocycles. The largest absolute Gasteiger partial charge is 0.370 e. The molecule has 0 saturated carbocycles. The highest BCUT2D eigenvalue weighted by Crippen LogP contribution is 2.09. The Kier molecular flexibility index (Phi) is 4.55. The minimum Gasteiger partial charge on any atom is -0.370 e. The number of rotatable bonds is 4. The van der Waals surface area contributed by atoms with Crippen molar-refractivity contribution in [3.63, 3.8) is 0 Å². The van der Waals surface area contributed by atoms with Crippen molar-refractivity contribution in [1.29, 1.82) is 0 Å². The van der Waals surface area contributed by atoms with Crippen LogP contribution in [-0.4, -0.2) is 54.1 Å². The predicted molar refractivity (Wildman–Crippen MR) is 55.3 cm³/mol. The minimum atomic E-state index is -0.202. The van der Waals surface area contributed by atoms with Crippen molar-refractivity contribution in [2.75, 3.05) is 39.0 Å². The molecule has 0 radical (unpaired) electrons. The van der Waals surface area contributed by atoms with E-state index in [2.05, 4.69) is 15.5 Å². The van der Waals surface area contributed by atoms with Gasteiger partial charge in [-0.15, -0.1) is 0 Å². The average Bonchev–Trinajstić information content (AvgIpc) is 2.15. The summed E-state index contributed by atoms with van der Waals surface area (Å²) >= 11 is 1.79. The molecular formula is C8H17N3OS. The molecule has 1 fully saturated rings. The van der Waals surface area contributed by atoms with Crippen LogP contribution in [0.5, 0.6) is 0 Å². The van der Waals surface area contributed by atoms with Gasteiger partial charge in [0.15, 0.2) is 0 Å². The number of amides is 1. The van der Waals surface area contributed by atoms with Gasteiger partial charge in [0, 0.05) is 39.1 Å². The SMILES string of the molecule is CSN1CCN(CCC(N)=O)CC1. The highest BCUT2D eigenvalue weighted by atomic mass is 32.2. The van der Waals surface area contributed by atoms with Crippen LogP contribution in [0, 0.1) is 0 Å². The van der Waals surface area contributed by atoms with E-state index in [-0.39, 0.29) is 5.91 Å². The van der Waals surface area contributed by atoms with E-state index in [1.807, 2.05) is 0 Å². The molecule has 5 heteroatoms. The summed E-state index contributed by atoms with van der Waals surface area (Å²) in [6, 6.07) is 0. The molecule has 0 aliphatic carbocycles. The maximum atomic E-state index is 10.5. The second-order valence-electron chi connectivity index (χ2n) is 3.17. The predicted octanol–water partition coefficient (Wildman–Crippen LogP) is -0.243. The number of nitrogens with zero attached hydrogens (tertiary/aromatic N) is 2. The Morgan fingerprint density at radius 3 is 2.46 bits per heavy atom. The van der Waals surface area contributed by atoms with Crippen LogP contribution in [0.15, 0.2) is 0 Å². The second kappa shape index (κ2) is 5.47. The molecule has 1 aliphatic heterocycles. The molecule has 0 spiro atoms. The van der Waals surface area contributed by atoms with Crippen molar-refractivity contribution in [3.8, 4) is 0 Å². The van der Waals surface area contributed by atoms with E-state index < -0.39 is 0 Å². The number of carbonyl (C=O) groups is 1. The first kappa shape index (κ1) is 10.8. The normalized spacial score (nSPS) is 20.4. The van der Waals surface area contributed by atoms with E-state index in [9.17, 15) is 4.79 Å². The maximum absolute atomic E-state index is 10.5. The Bertz CT molecular complexity index is 169. The number of carbonyl (C=O) groups excluding carboxylic acids is 1. The van der Waals surface area contributed by atoms with Crippen LogP contribution in [0.2, 0.25) is 0 Å². The van der Waals surface area contributed by atoms with E-state index in [4.69, 9.17) is 5.73 Å². The monoisotopic (exact) mass is 203 g/mol. The fourth-order valence-electron chi connectivity index (χ4n) is 1.40. The van der Waals surface area contributed by atoms with Crippen LogP contribution < -0.4 is 5.73 Å². The Balaban J connectivity index is 2.14. The molecule has 1 heterocycles. The molecule has 0 bridgehead atoms. The molecule has 1 saturated heterocycles. The van der Waals surface area contributed by atoms with Crippen molar-refractivity contribution < 1.29 is 4.79 Å². The first-order valence-electron chi connectivity index (χ1n) is 4.52. The zero-order valence-electron chi connectivity index (χ0n) is 8.03. The Labute approximate surface area is 83.6 Å². The summed E-state index contributed by atoms with van der Waals surface area (Å²) in [6.07, 6.45) is 2.58. The molecule has 1 amide bonds. The fraction of sp³-hybridized carbons (Fsp3) is 0.875. The van der Waals surface area contributed by atoms with Crippen LogP contribution >= 0.6 is 11.9 Å². The molecule has 0 unspecified atom stereocenters. The highest BCUT2D eigenvalue weighted by Gasteiger charge is 2.15. The third-order valence-corrected chi connectivity index (χ3v) is 3.15. The molecule has 0 aromatic rings. The molecule has 76 valence electrons. The smallest absolute Gasteiger partial charge is 0.218 e. The maximum Gasteiger partial charge on any atom is 0.218 e. The fourth-order valence-corrected chi connectivity index (χ4v) is 1.93. The Hall–Kier alpha value is -0.260. The zero-order valence-corrected chi connectivity index (χ0v) is 8.85. The summed E-state index contributed by atoms with van der Waals surface area (Å²) < 4.78 is 2.33. The van der Waals surface area contributed by atoms with Gasteiger partial charge in [-0.3, -0.25) is 4.79 Å². The van der Waals surface area contributed by atoms with Gasteiger partial charge in [-0.25, -0.2) is 4.31 Å². The molecule has 1 aliphatic rings. The molecule has 13 heavy (non-hydrogen) atoms. The van der Waals surface area contributed by atoms with Crippen molar-refractivity contribution in [1.82, 2.24) is 9.21 Å². The van der Waals surface area contributed by atoms with E-state index in [1.54, 1.807) is 11.9 Å². The van der Waals surface area contributed by atoms with Gasteiger partial charge >= 0.3 is 0 Å². The molecular weight excluding hydrogens is 186 g/mol. The average molecular weight is 203 g/mol. The summed E-state index contributed by atoms with van der Waals surface area (Å²) in [6.45, 7) is 5.08. The first-order chi connectivity index (χ1) is 6.22. The van der Waals surface area contributed by atoms with Gasteiger partial charge in [0.05, 0.1) is 0 Å². The number of primary amides is 1. The molecule has 1 rings (SSSR count). The summed E-state index contributed by atoms with van der Waals surface area (Å²) in [5, 5.41) is 0. The van der Waals surface area contributed by atoms with Gasteiger partial charge < -0.3 is 10.6 Å². The molecule has 0 aromatic carbocycles. The lowest BCUT2D eigenvalue weighted by Crippen LogP contribution is -2.44. The van der Waals surface area contributed by atoms with Gasteiger partial charge in [0.2, 0.25) is 5.91 Å². The van der Waals surface area contributed by atoms with Crippen molar-refractivity contribution in [3.05, 3.63) is 0 Å². The third kappa shape index (κ3) is 3.97. The first-order valence-corrected chi connectivity index (χ1v) is 5.70. The van der Waals surface area contributed by atoms with Crippen LogP contribution in [-0.2, 0) is 4.79 Å². The second-order valence-corrected chi connectivity index (χ2v) is 4.05. The zero-order chi connectivity index (χ0) is 9.68. The van der Waals surface area contributed by atoms with Gasteiger partial charge in [-0.1, -0.05) is 11.9 Å². The van der Waals surface area contributed by atoms with E-state index in [1.165, 1.54) is 0 Å². The highest BCUT2D eigenvalue weighted by molar-refractivity contribution is 7.96. The topological polar surface area (TPSA) is 49.6 Å². The van der Waals surface area contributed by atoms with Crippen molar-refractivity contribution >= 4 is 17.9 Å². The van der Waals surface area contributed by atoms with Gasteiger partial charge in [0.25, 0.3) is 0 Å². The summed E-state index contributed by atoms with van der Waals surface area (Å²) in [7, 11) is 0. The quantitative estimate of drug-likeness (QED) is 0.641. The summed E-state index contributed by atoms with van der Waals surface area (Å²) in [5.41, 5.74) is 5.08. The van der Waals surface area contributed by atoms with Crippen LogP contribution in [0.4, 0.5) is 0 Å². The lowest BCUT2D eigenvalue weighted by Gasteiger charge is -2.32. The Morgan fingerprint density at radius 2 is 2.00 bits per heavy atom. The summed E-state index contributed by atoms with van der Waals surface area (Å²) in [4.78, 5) is 12.8. The van der Waals surface area contributed by atoms with E-state index in [0.29, 0.717) is 6.42 Å². The van der Waals surface area contributed by atoms with Crippen LogP contribution in [0.3, 0.4) is 0 Å². The molecule has 4 nitrogen and oxygen atoms in total. The Morgan fingerprint density at radius 1 is 1.38 bits per heavy atom. The van der Waals surface area contributed by atoms with Crippen LogP contribution in [0.1, 0.15) is 6.42 Å². The number of hydrogen-bond donors (Lipinski definition) is 1. The lowest BCUT2D eigenvalue weighted by molar-refractivity contribution is -0.118. The third-order valence-electron chi connectivity index (χ3n) is 2.26. The van der Waals surface area contributed by atoms with E-state index >= 15 is 0 Å². The van der Waals surface area contributed by atoms with Gasteiger partial charge in [-0.2, -0.15) is 0 Å². The standard InChI is InChI=1S/C8H17N3OS/c1-13-11-6-4-10(5-7-11)3-2-8(9)12/h2-7H2,1H3,(H2,9,12). The van der Waals surface area contributed by atoms with Gasteiger partial charge in [-0.05, 0) is 6.26 Å². The van der Waals surface area contributed by atoms with Crippen molar-refractivity contribution in [2.24, 2.45) is 5.73 Å². The van der Waals surface area contributed by atoms with Gasteiger partial charge in [0.1, 0.15) is 0 Å². The number of nitrogens with two attached hydrogens (primary N) is 1. The number of hydrogen-bond acceptors (Lipinski definition) is 4. The number of piperazine rings is 1. The van der Waals surface area contributed by atoms with Crippen LogP contribution in [0.25, 0.3) is 0 Å². The molecule has 2 N–H and O–H groups in total. The lowest BCUT2D eigenvalue weighted by atomic mass is 10.3.